The van der Waals surface area contributed by atoms with Gasteiger partial charge in [0.15, 0.2) is 0 Å². The first-order valence-corrected chi connectivity index (χ1v) is 8.93. The van der Waals surface area contributed by atoms with Gasteiger partial charge in [0.2, 0.25) is 5.95 Å². The van der Waals surface area contributed by atoms with Crippen LogP contribution >= 0.6 is 0 Å². The van der Waals surface area contributed by atoms with Crippen molar-refractivity contribution in [3.63, 3.8) is 0 Å². The van der Waals surface area contributed by atoms with E-state index < -0.39 is 0 Å². The number of benzene rings is 1. The zero-order valence-electron chi connectivity index (χ0n) is 14.7. The normalized spacial score (nSPS) is 15.2. The molecule has 2 aromatic heterocycles. The maximum Gasteiger partial charge on any atom is 0.258 e. The van der Waals surface area contributed by atoms with Gasteiger partial charge in [-0.1, -0.05) is 25.1 Å². The monoisotopic (exact) mass is 347 g/mol. The highest BCUT2D eigenvalue weighted by atomic mass is 16.1. The summed E-state index contributed by atoms with van der Waals surface area (Å²) in [4.78, 5) is 27.9. The number of pyridine rings is 1. The van der Waals surface area contributed by atoms with Gasteiger partial charge >= 0.3 is 0 Å². The minimum Gasteiger partial charge on any atom is -0.341 e. The number of nitrogens with one attached hydrogen (secondary N) is 1. The smallest absolute Gasteiger partial charge is 0.258 e. The van der Waals surface area contributed by atoms with Crippen LogP contribution in [-0.4, -0.2) is 33.9 Å². The SMILES string of the molecule is CC1CCN(c2ncc(C(=O)Nc3cccc4cccnc34)cn2)CC1. The summed E-state index contributed by atoms with van der Waals surface area (Å²) in [7, 11) is 0. The van der Waals surface area contributed by atoms with Crippen LogP contribution in [0.4, 0.5) is 11.6 Å². The van der Waals surface area contributed by atoms with Gasteiger partial charge < -0.3 is 10.2 Å². The second-order valence-electron chi connectivity index (χ2n) is 6.78. The fourth-order valence-electron chi connectivity index (χ4n) is 3.21. The number of para-hydroxylation sites is 1. The molecule has 6 nitrogen and oxygen atoms in total. The summed E-state index contributed by atoms with van der Waals surface area (Å²) in [6.45, 7) is 4.20. The molecule has 0 atom stereocenters. The van der Waals surface area contributed by atoms with Crippen molar-refractivity contribution < 1.29 is 4.79 Å². The fraction of sp³-hybridized carbons (Fsp3) is 0.300. The van der Waals surface area contributed by atoms with Gasteiger partial charge in [0, 0.05) is 37.1 Å². The molecule has 1 saturated heterocycles. The molecule has 4 rings (SSSR count). The van der Waals surface area contributed by atoms with Gasteiger partial charge in [-0.2, -0.15) is 0 Å². The topological polar surface area (TPSA) is 71.0 Å². The summed E-state index contributed by atoms with van der Waals surface area (Å²) in [5, 5.41) is 3.89. The zero-order valence-corrected chi connectivity index (χ0v) is 14.7. The molecule has 0 bridgehead atoms. The molecule has 26 heavy (non-hydrogen) atoms. The second-order valence-corrected chi connectivity index (χ2v) is 6.78. The average Bonchev–Trinajstić information content (AvgIpc) is 2.69. The lowest BCUT2D eigenvalue weighted by Crippen LogP contribution is -2.34. The van der Waals surface area contributed by atoms with Gasteiger partial charge in [0.05, 0.1) is 16.8 Å². The molecule has 1 N–H and O–H groups in total. The third kappa shape index (κ3) is 3.35. The number of piperidine rings is 1. The van der Waals surface area contributed by atoms with Crippen molar-refractivity contribution in [1.82, 2.24) is 15.0 Å². The summed E-state index contributed by atoms with van der Waals surface area (Å²) < 4.78 is 0. The van der Waals surface area contributed by atoms with Crippen molar-refractivity contribution >= 4 is 28.4 Å². The van der Waals surface area contributed by atoms with Gasteiger partial charge in [0.1, 0.15) is 0 Å². The number of rotatable bonds is 3. The van der Waals surface area contributed by atoms with Crippen LogP contribution in [0.15, 0.2) is 48.9 Å². The molecular formula is C20H21N5O. The van der Waals surface area contributed by atoms with E-state index in [0.29, 0.717) is 17.2 Å². The molecule has 1 aliphatic rings. The highest BCUT2D eigenvalue weighted by molar-refractivity contribution is 6.08. The van der Waals surface area contributed by atoms with E-state index in [1.165, 1.54) is 0 Å². The number of carbonyl (C=O) groups is 1. The van der Waals surface area contributed by atoms with Gasteiger partial charge in [-0.25, -0.2) is 9.97 Å². The second kappa shape index (κ2) is 7.07. The van der Waals surface area contributed by atoms with Crippen LogP contribution in [0.25, 0.3) is 10.9 Å². The third-order valence-electron chi connectivity index (χ3n) is 4.85. The molecule has 0 radical (unpaired) electrons. The summed E-state index contributed by atoms with van der Waals surface area (Å²) in [5.74, 6) is 1.22. The number of hydrogen-bond acceptors (Lipinski definition) is 5. The van der Waals surface area contributed by atoms with E-state index in [2.05, 4.69) is 32.1 Å². The third-order valence-corrected chi connectivity index (χ3v) is 4.85. The predicted molar refractivity (Wildman–Crippen MR) is 102 cm³/mol. The number of hydrogen-bond donors (Lipinski definition) is 1. The first-order chi connectivity index (χ1) is 12.7. The largest absolute Gasteiger partial charge is 0.341 e. The van der Waals surface area contributed by atoms with Crippen LogP contribution in [0.1, 0.15) is 30.1 Å². The van der Waals surface area contributed by atoms with Gasteiger partial charge in [-0.15, -0.1) is 0 Å². The van der Waals surface area contributed by atoms with E-state index in [9.17, 15) is 4.79 Å². The molecule has 1 aromatic carbocycles. The van der Waals surface area contributed by atoms with Crippen LogP contribution in [0, 0.1) is 5.92 Å². The van der Waals surface area contributed by atoms with E-state index in [1.807, 2.05) is 30.3 Å². The molecule has 1 aliphatic heterocycles. The Labute approximate surface area is 152 Å². The number of anilines is 2. The zero-order chi connectivity index (χ0) is 17.9. The van der Waals surface area contributed by atoms with Crippen molar-refractivity contribution in [3.8, 4) is 0 Å². The number of aromatic nitrogens is 3. The number of amides is 1. The fourth-order valence-corrected chi connectivity index (χ4v) is 3.21. The molecule has 0 unspecified atom stereocenters. The molecule has 6 heteroatoms. The highest BCUT2D eigenvalue weighted by Gasteiger charge is 2.18. The summed E-state index contributed by atoms with van der Waals surface area (Å²) in [6.07, 6.45) is 7.21. The first kappa shape index (κ1) is 16.4. The molecular weight excluding hydrogens is 326 g/mol. The lowest BCUT2D eigenvalue weighted by molar-refractivity contribution is 0.102. The molecule has 0 aliphatic carbocycles. The molecule has 132 valence electrons. The molecule has 0 spiro atoms. The van der Waals surface area contributed by atoms with E-state index in [0.717, 1.165) is 42.8 Å². The summed E-state index contributed by atoms with van der Waals surface area (Å²) >= 11 is 0. The average molecular weight is 347 g/mol. The maximum absolute atomic E-state index is 12.6. The van der Waals surface area contributed by atoms with Gasteiger partial charge in [-0.3, -0.25) is 9.78 Å². The number of nitrogens with zero attached hydrogens (tertiary/aromatic N) is 4. The molecule has 0 saturated carbocycles. The van der Waals surface area contributed by atoms with Crippen molar-refractivity contribution in [1.29, 1.82) is 0 Å². The minimum atomic E-state index is -0.234. The van der Waals surface area contributed by atoms with Crippen LogP contribution < -0.4 is 10.2 Å². The summed E-state index contributed by atoms with van der Waals surface area (Å²) in [6, 6.07) is 9.56. The van der Waals surface area contributed by atoms with E-state index in [4.69, 9.17) is 0 Å². The Bertz CT molecular complexity index is 912. The maximum atomic E-state index is 12.6. The lowest BCUT2D eigenvalue weighted by Gasteiger charge is -2.30. The standard InChI is InChI=1S/C20H21N5O/c1-14-7-10-25(11-8-14)20-22-12-16(13-23-20)19(26)24-17-6-2-4-15-5-3-9-21-18(15)17/h2-6,9,12-14H,7-8,10-11H2,1H3,(H,24,26). The minimum absolute atomic E-state index is 0.234. The number of fused-ring (bicyclic) bond motifs is 1. The number of carbonyl (C=O) groups excluding carboxylic acids is 1. The summed E-state index contributed by atoms with van der Waals surface area (Å²) in [5.41, 5.74) is 1.89. The van der Waals surface area contributed by atoms with Crippen LogP contribution in [0.2, 0.25) is 0 Å². The van der Waals surface area contributed by atoms with Gasteiger partial charge in [0.25, 0.3) is 5.91 Å². The Morgan fingerprint density at radius 3 is 2.58 bits per heavy atom. The first-order valence-electron chi connectivity index (χ1n) is 8.93. The van der Waals surface area contributed by atoms with Crippen molar-refractivity contribution in [2.45, 2.75) is 19.8 Å². The van der Waals surface area contributed by atoms with Crippen molar-refractivity contribution in [3.05, 3.63) is 54.5 Å². The molecule has 3 aromatic rings. The highest BCUT2D eigenvalue weighted by Crippen LogP contribution is 2.22. The van der Waals surface area contributed by atoms with Crippen LogP contribution in [0.3, 0.4) is 0 Å². The lowest BCUT2D eigenvalue weighted by atomic mass is 10.00. The van der Waals surface area contributed by atoms with Gasteiger partial charge in [-0.05, 0) is 30.9 Å². The quantitative estimate of drug-likeness (QED) is 0.785. The molecule has 1 fully saturated rings. The van der Waals surface area contributed by atoms with Crippen molar-refractivity contribution in [2.24, 2.45) is 5.92 Å². The Morgan fingerprint density at radius 1 is 1.08 bits per heavy atom. The Kier molecular flexibility index (Phi) is 4.48. The van der Waals surface area contributed by atoms with Crippen LogP contribution in [0.5, 0.6) is 0 Å². The molecule has 3 heterocycles. The van der Waals surface area contributed by atoms with E-state index in [1.54, 1.807) is 18.6 Å². The Hall–Kier alpha value is -3.02. The molecule has 1 amide bonds. The van der Waals surface area contributed by atoms with Crippen LogP contribution in [-0.2, 0) is 0 Å². The van der Waals surface area contributed by atoms with E-state index in [-0.39, 0.29) is 5.91 Å². The Morgan fingerprint density at radius 2 is 1.81 bits per heavy atom. The van der Waals surface area contributed by atoms with Crippen molar-refractivity contribution in [2.75, 3.05) is 23.3 Å². The van der Waals surface area contributed by atoms with E-state index >= 15 is 0 Å². The Balaban J connectivity index is 1.50. The predicted octanol–water partition coefficient (Wildman–Crippen LogP) is 3.51.